The lowest BCUT2D eigenvalue weighted by molar-refractivity contribution is -0.212. The second-order valence-corrected chi connectivity index (χ2v) is 12.3. The monoisotopic (exact) mass is 596 g/mol. The van der Waals surface area contributed by atoms with E-state index < -0.39 is 24.2 Å². The molecule has 1 aliphatic rings. The first-order valence-corrected chi connectivity index (χ1v) is 16.2. The van der Waals surface area contributed by atoms with Gasteiger partial charge in [0.15, 0.2) is 5.69 Å². The molecule has 1 unspecified atom stereocenters. The molecule has 2 N–H and O–H groups in total. The fourth-order valence-electron chi connectivity index (χ4n) is 5.02. The second kappa shape index (κ2) is 17.8. The number of likely N-dealkylation sites (N-methyl/N-ethyl adjacent to an activating group) is 1. The first-order valence-electron chi connectivity index (χ1n) is 15.3. The van der Waals surface area contributed by atoms with Gasteiger partial charge in [-0.1, -0.05) is 60.3 Å². The number of aromatic nitrogens is 1. The Balaban J connectivity index is 2.32. The van der Waals surface area contributed by atoms with Crippen LogP contribution in [-0.2, 0) is 19.2 Å². The molecule has 10 nitrogen and oxygen atoms in total. The second-order valence-electron chi connectivity index (χ2n) is 11.4. The minimum absolute atomic E-state index is 0.0676. The number of esters is 1. The van der Waals surface area contributed by atoms with Gasteiger partial charge in [0.05, 0.1) is 25.3 Å². The van der Waals surface area contributed by atoms with E-state index in [4.69, 9.17) is 9.57 Å². The number of aliphatic hydroxyl groups excluding tert-OH is 1. The Bertz CT molecular complexity index is 957. The van der Waals surface area contributed by atoms with Gasteiger partial charge in [0.1, 0.15) is 17.2 Å². The molecule has 234 valence electrons. The number of nitrogens with one attached hydrogen (secondary N) is 1. The predicted octanol–water partition coefficient (Wildman–Crippen LogP) is 4.73. The summed E-state index contributed by atoms with van der Waals surface area (Å²) in [5, 5.41) is 17.6. The van der Waals surface area contributed by atoms with Gasteiger partial charge in [-0.25, -0.2) is 14.8 Å². The molecule has 1 fully saturated rings. The van der Waals surface area contributed by atoms with Gasteiger partial charge in [-0.05, 0) is 51.6 Å². The fraction of sp³-hybridized carbons (Fsp3) is 0.800. The van der Waals surface area contributed by atoms with Gasteiger partial charge in [-0.15, -0.1) is 11.3 Å². The lowest BCUT2D eigenvalue weighted by Gasteiger charge is -2.38. The average Bonchev–Trinajstić information content (AvgIpc) is 3.45. The van der Waals surface area contributed by atoms with Gasteiger partial charge in [0.2, 0.25) is 5.91 Å². The molecule has 1 saturated heterocycles. The number of hydrogen-bond donors (Lipinski definition) is 2. The van der Waals surface area contributed by atoms with E-state index >= 15 is 0 Å². The van der Waals surface area contributed by atoms with Crippen molar-refractivity contribution in [3.8, 4) is 0 Å². The molecule has 41 heavy (non-hydrogen) atoms. The van der Waals surface area contributed by atoms with Crippen LogP contribution >= 0.6 is 11.3 Å². The highest BCUT2D eigenvalue weighted by atomic mass is 32.1. The van der Waals surface area contributed by atoms with Crippen molar-refractivity contribution in [2.45, 2.75) is 117 Å². The van der Waals surface area contributed by atoms with E-state index in [1.807, 2.05) is 34.7 Å². The molecule has 5 atom stereocenters. The standard InChI is InChI=1S/C30H52N4O6S/c1-8-11-14-17-40-34(24(20(4)5)18-25(35)28-31-22(19-41-28)30(38)39-10-3)29(37)26(21(6)9-2)32-27(36)23-15-12-13-16-33(23)7/h19-21,23-26,35H,8-18H2,1-7H3,(H,32,36)/t21-,23?,24+,25+,26-/m0/s1. The van der Waals surface area contributed by atoms with Gasteiger partial charge >= 0.3 is 5.97 Å². The van der Waals surface area contributed by atoms with E-state index in [-0.39, 0.29) is 48.4 Å². The summed E-state index contributed by atoms with van der Waals surface area (Å²) in [6.45, 7) is 13.2. The molecule has 0 aromatic carbocycles. The highest BCUT2D eigenvalue weighted by molar-refractivity contribution is 7.09. The van der Waals surface area contributed by atoms with Crippen molar-refractivity contribution < 1.29 is 29.1 Å². The number of likely N-dealkylation sites (tertiary alicyclic amines) is 1. The molecule has 1 aliphatic heterocycles. The summed E-state index contributed by atoms with van der Waals surface area (Å²) in [6.07, 6.45) is 5.43. The van der Waals surface area contributed by atoms with Crippen LogP contribution in [0.15, 0.2) is 5.38 Å². The van der Waals surface area contributed by atoms with Crippen molar-refractivity contribution in [3.63, 3.8) is 0 Å². The lowest BCUT2D eigenvalue weighted by Crippen LogP contribution is -2.58. The van der Waals surface area contributed by atoms with E-state index in [0.29, 0.717) is 18.0 Å². The van der Waals surface area contributed by atoms with Crippen LogP contribution in [0, 0.1) is 11.8 Å². The summed E-state index contributed by atoms with van der Waals surface area (Å²) in [5.41, 5.74) is 0.156. The molecule has 2 amide bonds. The van der Waals surface area contributed by atoms with E-state index in [2.05, 4.69) is 22.1 Å². The summed E-state index contributed by atoms with van der Waals surface area (Å²) in [7, 11) is 1.95. The topological polar surface area (TPSA) is 121 Å². The normalized spacial score (nSPS) is 18.9. The molecule has 11 heteroatoms. The van der Waals surface area contributed by atoms with Crippen molar-refractivity contribution in [2.24, 2.45) is 11.8 Å². The number of carbonyl (C=O) groups is 3. The maximum atomic E-state index is 14.3. The fourth-order valence-corrected chi connectivity index (χ4v) is 5.81. The molecule has 1 aromatic heterocycles. The largest absolute Gasteiger partial charge is 0.461 e. The van der Waals surface area contributed by atoms with Crippen molar-refractivity contribution >= 4 is 29.1 Å². The Kier molecular flexibility index (Phi) is 15.2. The maximum Gasteiger partial charge on any atom is 0.357 e. The maximum absolute atomic E-state index is 14.3. The summed E-state index contributed by atoms with van der Waals surface area (Å²) in [5.74, 6) is -1.16. The first kappa shape index (κ1) is 35.1. The van der Waals surface area contributed by atoms with Crippen molar-refractivity contribution in [2.75, 3.05) is 26.8 Å². The minimum atomic E-state index is -1.02. The summed E-state index contributed by atoms with van der Waals surface area (Å²) < 4.78 is 5.03. The van der Waals surface area contributed by atoms with Gasteiger partial charge in [0.25, 0.3) is 5.91 Å². The quantitative estimate of drug-likeness (QED) is 0.150. The molecular weight excluding hydrogens is 544 g/mol. The van der Waals surface area contributed by atoms with Crippen LogP contribution in [0.4, 0.5) is 0 Å². The average molecular weight is 597 g/mol. The Labute approximate surface area is 250 Å². The third-order valence-corrected chi connectivity index (χ3v) is 8.82. The van der Waals surface area contributed by atoms with Crippen LogP contribution in [0.2, 0.25) is 0 Å². The zero-order valence-electron chi connectivity index (χ0n) is 26.1. The van der Waals surface area contributed by atoms with Gasteiger partial charge in [0, 0.05) is 11.8 Å². The van der Waals surface area contributed by atoms with Crippen LogP contribution in [0.5, 0.6) is 0 Å². The number of unbranched alkanes of at least 4 members (excludes halogenated alkanes) is 2. The van der Waals surface area contributed by atoms with Crippen molar-refractivity contribution in [1.29, 1.82) is 0 Å². The summed E-state index contributed by atoms with van der Waals surface area (Å²) in [4.78, 5) is 52.3. The zero-order chi connectivity index (χ0) is 30.5. The third-order valence-electron chi connectivity index (χ3n) is 7.87. The number of nitrogens with zero attached hydrogens (tertiary/aromatic N) is 3. The number of ether oxygens (including phenoxy) is 1. The summed E-state index contributed by atoms with van der Waals surface area (Å²) >= 11 is 1.18. The van der Waals surface area contributed by atoms with E-state index in [1.54, 1.807) is 12.3 Å². The Morgan fingerprint density at radius 1 is 1.20 bits per heavy atom. The molecular formula is C30H52N4O6S. The number of thiazole rings is 1. The number of piperidine rings is 1. The predicted molar refractivity (Wildman–Crippen MR) is 160 cm³/mol. The highest BCUT2D eigenvalue weighted by Crippen LogP contribution is 2.29. The van der Waals surface area contributed by atoms with E-state index in [1.165, 1.54) is 16.4 Å². The molecule has 0 saturated carbocycles. The van der Waals surface area contributed by atoms with Crippen LogP contribution in [0.3, 0.4) is 0 Å². The number of aliphatic hydroxyl groups is 1. The van der Waals surface area contributed by atoms with Crippen LogP contribution in [0.1, 0.15) is 115 Å². The minimum Gasteiger partial charge on any atom is -0.461 e. The van der Waals surface area contributed by atoms with Crippen LogP contribution < -0.4 is 5.32 Å². The Morgan fingerprint density at radius 3 is 2.54 bits per heavy atom. The van der Waals surface area contributed by atoms with Gasteiger partial charge in [-0.3, -0.25) is 19.3 Å². The molecule has 2 rings (SSSR count). The zero-order valence-corrected chi connectivity index (χ0v) is 26.9. The number of amides is 2. The first-order chi connectivity index (χ1) is 19.5. The summed E-state index contributed by atoms with van der Waals surface area (Å²) in [6, 6.07) is -1.51. The van der Waals surface area contributed by atoms with Gasteiger partial charge < -0.3 is 15.2 Å². The Morgan fingerprint density at radius 2 is 1.93 bits per heavy atom. The lowest BCUT2D eigenvalue weighted by atomic mass is 9.93. The molecule has 2 heterocycles. The van der Waals surface area contributed by atoms with Crippen LogP contribution in [-0.4, -0.2) is 82.8 Å². The number of hydroxylamine groups is 2. The number of hydrogen-bond acceptors (Lipinski definition) is 9. The number of carbonyl (C=O) groups excluding carboxylic acids is 3. The molecule has 0 bridgehead atoms. The van der Waals surface area contributed by atoms with Crippen molar-refractivity contribution in [1.82, 2.24) is 20.3 Å². The number of rotatable bonds is 17. The highest BCUT2D eigenvalue weighted by Gasteiger charge is 2.39. The Hall–Kier alpha value is -2.08. The molecule has 0 spiro atoms. The molecule has 1 aromatic rings. The molecule has 0 radical (unpaired) electrons. The SMILES string of the molecule is CCCCCON(C(=O)[C@@H](NC(=O)C1CCCCN1C)[C@@H](C)CC)[C@H](C[C@@H](O)c1nc(C(=O)OCC)cs1)C(C)C. The third kappa shape index (κ3) is 10.3. The van der Waals surface area contributed by atoms with Crippen molar-refractivity contribution in [3.05, 3.63) is 16.1 Å². The van der Waals surface area contributed by atoms with E-state index in [9.17, 15) is 19.5 Å². The smallest absolute Gasteiger partial charge is 0.357 e. The molecule has 0 aliphatic carbocycles. The van der Waals surface area contributed by atoms with Gasteiger partial charge in [-0.2, -0.15) is 0 Å². The van der Waals surface area contributed by atoms with E-state index in [0.717, 1.165) is 45.1 Å². The van der Waals surface area contributed by atoms with Crippen LogP contribution in [0.25, 0.3) is 0 Å².